The molecule has 0 aliphatic rings. The van der Waals surface area contributed by atoms with Gasteiger partial charge in [-0.3, -0.25) is 0 Å². The van der Waals surface area contributed by atoms with Gasteiger partial charge in [-0.2, -0.15) is 18.2 Å². The Hall–Kier alpha value is -1.11. The van der Waals surface area contributed by atoms with E-state index in [1.165, 1.54) is 0 Å². The molecule has 0 fully saturated rings. The van der Waals surface area contributed by atoms with Crippen molar-refractivity contribution in [2.24, 2.45) is 5.73 Å². The second-order valence-electron chi connectivity index (χ2n) is 3.99. The standard InChI is InChI=1S/C10H16F3N3O/c1-3-9(14,4-2)8-15-7(16-17-8)5-6-10(11,12)13/h3-6,14H2,1-2H3. The molecule has 7 heteroatoms. The maximum atomic E-state index is 12.0. The van der Waals surface area contributed by atoms with Gasteiger partial charge in [0, 0.05) is 6.42 Å². The predicted molar refractivity (Wildman–Crippen MR) is 55.1 cm³/mol. The van der Waals surface area contributed by atoms with Gasteiger partial charge in [0.15, 0.2) is 5.82 Å². The highest BCUT2D eigenvalue weighted by molar-refractivity contribution is 5.01. The van der Waals surface area contributed by atoms with E-state index in [1.54, 1.807) is 0 Å². The minimum Gasteiger partial charge on any atom is -0.337 e. The van der Waals surface area contributed by atoms with E-state index in [1.807, 2.05) is 13.8 Å². The summed E-state index contributed by atoms with van der Waals surface area (Å²) in [5.74, 6) is 0.258. The molecule has 0 spiro atoms. The van der Waals surface area contributed by atoms with Gasteiger partial charge in [0.05, 0.1) is 12.0 Å². The first-order valence-electron chi connectivity index (χ1n) is 5.49. The molecule has 0 unspecified atom stereocenters. The average Bonchev–Trinajstić information content (AvgIpc) is 2.73. The predicted octanol–water partition coefficient (Wildman–Crippen LogP) is 2.54. The van der Waals surface area contributed by atoms with Crippen LogP contribution in [0.2, 0.25) is 0 Å². The SMILES string of the molecule is CCC(N)(CC)c1nc(CCC(F)(F)F)no1. The Morgan fingerprint density at radius 3 is 2.29 bits per heavy atom. The lowest BCUT2D eigenvalue weighted by atomic mass is 9.94. The fourth-order valence-corrected chi connectivity index (χ4v) is 1.36. The van der Waals surface area contributed by atoms with Gasteiger partial charge in [0.2, 0.25) is 5.89 Å². The second kappa shape index (κ2) is 5.03. The van der Waals surface area contributed by atoms with E-state index >= 15 is 0 Å². The summed E-state index contributed by atoms with van der Waals surface area (Å²) in [6.45, 7) is 3.73. The molecule has 1 aromatic heterocycles. The van der Waals surface area contributed by atoms with Gasteiger partial charge in [-0.15, -0.1) is 0 Å². The van der Waals surface area contributed by atoms with Crippen LogP contribution in [0, 0.1) is 0 Å². The Kier molecular flexibility index (Phi) is 4.13. The van der Waals surface area contributed by atoms with Crippen molar-refractivity contribution in [2.45, 2.75) is 51.2 Å². The van der Waals surface area contributed by atoms with Gasteiger partial charge < -0.3 is 10.3 Å². The van der Waals surface area contributed by atoms with Crippen molar-refractivity contribution in [3.05, 3.63) is 11.7 Å². The zero-order valence-corrected chi connectivity index (χ0v) is 9.84. The van der Waals surface area contributed by atoms with Crippen molar-refractivity contribution in [1.82, 2.24) is 10.1 Å². The van der Waals surface area contributed by atoms with E-state index in [0.717, 1.165) is 0 Å². The second-order valence-corrected chi connectivity index (χ2v) is 3.99. The summed E-state index contributed by atoms with van der Waals surface area (Å²) in [6.07, 6.45) is -4.27. The molecule has 0 saturated carbocycles. The van der Waals surface area contributed by atoms with Crippen molar-refractivity contribution in [3.63, 3.8) is 0 Å². The molecule has 98 valence electrons. The molecular weight excluding hydrogens is 235 g/mol. The molecule has 1 rings (SSSR count). The van der Waals surface area contributed by atoms with Crippen molar-refractivity contribution in [2.75, 3.05) is 0 Å². The molecule has 0 aliphatic heterocycles. The van der Waals surface area contributed by atoms with Crippen LogP contribution in [-0.4, -0.2) is 16.3 Å². The van der Waals surface area contributed by atoms with Crippen molar-refractivity contribution >= 4 is 0 Å². The maximum Gasteiger partial charge on any atom is 0.389 e. The fraction of sp³-hybridized carbons (Fsp3) is 0.800. The number of halogens is 3. The number of aryl methyl sites for hydroxylation is 1. The third-order valence-electron chi connectivity index (χ3n) is 2.79. The minimum atomic E-state index is -4.21. The average molecular weight is 251 g/mol. The number of hydrogen-bond acceptors (Lipinski definition) is 4. The highest BCUT2D eigenvalue weighted by Gasteiger charge is 2.31. The summed E-state index contributed by atoms with van der Waals surface area (Å²) in [7, 11) is 0. The summed E-state index contributed by atoms with van der Waals surface area (Å²) in [4.78, 5) is 3.92. The van der Waals surface area contributed by atoms with Crippen LogP contribution in [-0.2, 0) is 12.0 Å². The van der Waals surface area contributed by atoms with Gasteiger partial charge in [-0.1, -0.05) is 19.0 Å². The molecule has 17 heavy (non-hydrogen) atoms. The summed E-state index contributed by atoms with van der Waals surface area (Å²) < 4.78 is 40.9. The molecule has 0 bridgehead atoms. The lowest BCUT2D eigenvalue weighted by Crippen LogP contribution is -2.35. The van der Waals surface area contributed by atoms with Gasteiger partial charge in [0.25, 0.3) is 0 Å². The van der Waals surface area contributed by atoms with E-state index in [2.05, 4.69) is 10.1 Å². The first-order valence-corrected chi connectivity index (χ1v) is 5.49. The molecule has 0 saturated heterocycles. The first kappa shape index (κ1) is 14.0. The molecule has 0 aromatic carbocycles. The summed E-state index contributed by atoms with van der Waals surface area (Å²) in [5.41, 5.74) is 5.25. The van der Waals surface area contributed by atoms with Crippen LogP contribution in [0.15, 0.2) is 4.52 Å². The van der Waals surface area contributed by atoms with E-state index in [4.69, 9.17) is 10.3 Å². The molecule has 1 heterocycles. The molecule has 2 N–H and O–H groups in total. The van der Waals surface area contributed by atoms with Crippen LogP contribution in [0.5, 0.6) is 0 Å². The normalized spacial score (nSPS) is 13.1. The van der Waals surface area contributed by atoms with E-state index in [0.29, 0.717) is 12.8 Å². The Morgan fingerprint density at radius 1 is 1.24 bits per heavy atom. The van der Waals surface area contributed by atoms with Crippen LogP contribution in [0.1, 0.15) is 44.8 Å². The van der Waals surface area contributed by atoms with E-state index < -0.39 is 18.1 Å². The Morgan fingerprint density at radius 2 is 1.82 bits per heavy atom. The summed E-state index contributed by atoms with van der Waals surface area (Å²) in [5, 5.41) is 3.52. The highest BCUT2D eigenvalue weighted by Crippen LogP contribution is 2.25. The van der Waals surface area contributed by atoms with Crippen molar-refractivity contribution < 1.29 is 17.7 Å². The van der Waals surface area contributed by atoms with Crippen LogP contribution < -0.4 is 5.73 Å². The topological polar surface area (TPSA) is 64.9 Å². The lowest BCUT2D eigenvalue weighted by molar-refractivity contribution is -0.134. The van der Waals surface area contributed by atoms with Gasteiger partial charge in [-0.25, -0.2) is 0 Å². The third-order valence-corrected chi connectivity index (χ3v) is 2.79. The fourth-order valence-electron chi connectivity index (χ4n) is 1.36. The molecule has 0 atom stereocenters. The van der Waals surface area contributed by atoms with Crippen LogP contribution in [0.4, 0.5) is 13.2 Å². The number of alkyl halides is 3. The Balaban J connectivity index is 2.71. The van der Waals surface area contributed by atoms with Crippen LogP contribution >= 0.6 is 0 Å². The monoisotopic (exact) mass is 251 g/mol. The third kappa shape index (κ3) is 3.69. The van der Waals surface area contributed by atoms with E-state index in [9.17, 15) is 13.2 Å². The zero-order valence-electron chi connectivity index (χ0n) is 9.84. The molecule has 0 aliphatic carbocycles. The van der Waals surface area contributed by atoms with E-state index in [-0.39, 0.29) is 18.1 Å². The van der Waals surface area contributed by atoms with Gasteiger partial charge in [0.1, 0.15) is 0 Å². The lowest BCUT2D eigenvalue weighted by Gasteiger charge is -2.20. The molecule has 4 nitrogen and oxygen atoms in total. The number of aromatic nitrogens is 2. The molecule has 0 radical (unpaired) electrons. The summed E-state index contributed by atoms with van der Waals surface area (Å²) >= 11 is 0. The first-order chi connectivity index (χ1) is 7.80. The molecule has 0 amide bonds. The number of nitrogens with zero attached hydrogens (tertiary/aromatic N) is 2. The number of nitrogens with two attached hydrogens (primary N) is 1. The summed E-state index contributed by atoms with van der Waals surface area (Å²) in [6, 6.07) is 0. The van der Waals surface area contributed by atoms with Gasteiger partial charge in [-0.05, 0) is 12.8 Å². The largest absolute Gasteiger partial charge is 0.389 e. The maximum absolute atomic E-state index is 12.0. The van der Waals surface area contributed by atoms with Crippen molar-refractivity contribution in [3.8, 4) is 0 Å². The smallest absolute Gasteiger partial charge is 0.337 e. The molecule has 1 aromatic rings. The Bertz CT molecular complexity index is 358. The number of hydrogen-bond donors (Lipinski definition) is 1. The van der Waals surface area contributed by atoms with Gasteiger partial charge >= 0.3 is 6.18 Å². The molecular formula is C10H16F3N3O. The quantitative estimate of drug-likeness (QED) is 0.873. The van der Waals surface area contributed by atoms with Crippen molar-refractivity contribution in [1.29, 1.82) is 0 Å². The van der Waals surface area contributed by atoms with Crippen LogP contribution in [0.25, 0.3) is 0 Å². The van der Waals surface area contributed by atoms with Crippen LogP contribution in [0.3, 0.4) is 0 Å². The zero-order chi connectivity index (χ0) is 13.1. The highest BCUT2D eigenvalue weighted by atomic mass is 19.4. The number of rotatable bonds is 5. The minimum absolute atomic E-state index is 0.0500. The Labute approximate surface area is 97.4 Å².